The summed E-state index contributed by atoms with van der Waals surface area (Å²) >= 11 is 0. The second kappa shape index (κ2) is 8.54. The zero-order chi connectivity index (χ0) is 24.2. The number of rotatable bonds is 2. The lowest BCUT2D eigenvalue weighted by Crippen LogP contribution is -2.54. The van der Waals surface area contributed by atoms with Crippen molar-refractivity contribution in [1.82, 2.24) is 15.1 Å². The highest BCUT2D eigenvalue weighted by Gasteiger charge is 2.53. The van der Waals surface area contributed by atoms with Crippen LogP contribution in [0.4, 0.5) is 0 Å². The molecule has 188 valence electrons. The quantitative estimate of drug-likeness (QED) is 0.623. The maximum Gasteiger partial charge on any atom is 0.274 e. The Hall–Kier alpha value is -2.54. The molecule has 1 spiro atoms. The number of hydrogen-bond donors (Lipinski definition) is 1. The smallest absolute Gasteiger partial charge is 0.274 e. The Morgan fingerprint density at radius 3 is 2.77 bits per heavy atom. The highest BCUT2D eigenvalue weighted by Crippen LogP contribution is 2.56. The summed E-state index contributed by atoms with van der Waals surface area (Å²) in [5, 5.41) is 7.62. The maximum atomic E-state index is 13.4. The number of hydrogen-bond acceptors (Lipinski definition) is 5. The van der Waals surface area contributed by atoms with Gasteiger partial charge in [-0.25, -0.2) is 0 Å². The lowest BCUT2D eigenvalue weighted by atomic mass is 9.64. The highest BCUT2D eigenvalue weighted by molar-refractivity contribution is 5.94. The standard InChI is InChI=1S/C28H37N3O4/c1-27(2)21-16-28(17-34-25(21)20-15-18(33-3)9-10-23(20)35-27)11-13-31(14-12-28)26(32)24-19-7-5-4-6-8-22(19)29-30-24/h9-10,15,21,25H,4-8,11-14,16-17H2,1-3H3,(H,29,30)/t21-,25+/m0/s1. The lowest BCUT2D eigenvalue weighted by molar-refractivity contribution is -0.173. The molecule has 4 heterocycles. The van der Waals surface area contributed by atoms with Crippen molar-refractivity contribution in [3.05, 3.63) is 40.7 Å². The Morgan fingerprint density at radius 1 is 1.17 bits per heavy atom. The average Bonchev–Trinajstić information content (AvgIpc) is 3.12. The first-order valence-electron chi connectivity index (χ1n) is 13.2. The van der Waals surface area contributed by atoms with Gasteiger partial charge in [0.25, 0.3) is 5.91 Å². The zero-order valence-electron chi connectivity index (χ0n) is 21.2. The first-order valence-corrected chi connectivity index (χ1v) is 13.2. The van der Waals surface area contributed by atoms with Gasteiger partial charge in [0.2, 0.25) is 0 Å². The van der Waals surface area contributed by atoms with Gasteiger partial charge in [-0.3, -0.25) is 9.89 Å². The molecule has 0 unspecified atom stereocenters. The Labute approximate surface area is 207 Å². The van der Waals surface area contributed by atoms with E-state index in [9.17, 15) is 4.79 Å². The summed E-state index contributed by atoms with van der Waals surface area (Å²) < 4.78 is 18.6. The van der Waals surface area contributed by atoms with E-state index in [1.165, 1.54) is 18.5 Å². The van der Waals surface area contributed by atoms with Crippen LogP contribution in [0.3, 0.4) is 0 Å². The minimum atomic E-state index is -0.320. The predicted molar refractivity (Wildman–Crippen MR) is 132 cm³/mol. The van der Waals surface area contributed by atoms with E-state index < -0.39 is 0 Å². The molecule has 2 fully saturated rings. The topological polar surface area (TPSA) is 76.7 Å². The van der Waals surface area contributed by atoms with Gasteiger partial charge in [0.05, 0.1) is 19.8 Å². The SMILES string of the molecule is COc1ccc2c(c1)[C@H]1OCC3(CCN(C(=O)c4n[nH]c5c4CCCCC5)CC3)C[C@@H]1C(C)(C)O2. The molecule has 35 heavy (non-hydrogen) atoms. The molecule has 7 heteroatoms. The van der Waals surface area contributed by atoms with Gasteiger partial charge >= 0.3 is 0 Å². The molecule has 3 aliphatic heterocycles. The van der Waals surface area contributed by atoms with Gasteiger partial charge in [-0.15, -0.1) is 0 Å². The van der Waals surface area contributed by atoms with E-state index >= 15 is 0 Å². The van der Waals surface area contributed by atoms with Crippen LogP contribution in [-0.4, -0.2) is 53.4 Å². The number of aromatic amines is 1. The summed E-state index contributed by atoms with van der Waals surface area (Å²) in [6, 6.07) is 6.01. The third-order valence-corrected chi connectivity index (χ3v) is 9.00. The molecule has 6 rings (SSSR count). The number of piperidine rings is 1. The summed E-state index contributed by atoms with van der Waals surface area (Å²) in [5.74, 6) is 2.07. The number of amides is 1. The summed E-state index contributed by atoms with van der Waals surface area (Å²) in [6.45, 7) is 6.60. The number of likely N-dealkylation sites (tertiary alicyclic amines) is 1. The predicted octanol–water partition coefficient (Wildman–Crippen LogP) is 4.86. The number of aromatic nitrogens is 2. The molecule has 1 aliphatic carbocycles. The van der Waals surface area contributed by atoms with Gasteiger partial charge in [0, 0.05) is 35.8 Å². The molecular weight excluding hydrogens is 442 g/mol. The molecule has 1 N–H and O–H groups in total. The number of nitrogens with zero attached hydrogens (tertiary/aromatic N) is 2. The van der Waals surface area contributed by atoms with Gasteiger partial charge < -0.3 is 19.1 Å². The van der Waals surface area contributed by atoms with Crippen molar-refractivity contribution >= 4 is 5.91 Å². The van der Waals surface area contributed by atoms with Crippen LogP contribution >= 0.6 is 0 Å². The Balaban J connectivity index is 1.17. The first kappa shape index (κ1) is 22.9. The molecule has 0 radical (unpaired) electrons. The molecule has 2 atom stereocenters. The fourth-order valence-electron chi connectivity index (χ4n) is 6.78. The second-order valence-electron chi connectivity index (χ2n) is 11.5. The molecule has 0 bridgehead atoms. The van der Waals surface area contributed by atoms with Crippen molar-refractivity contribution in [2.45, 2.75) is 76.9 Å². The van der Waals surface area contributed by atoms with E-state index in [2.05, 4.69) is 30.1 Å². The molecule has 2 saturated heterocycles. The number of benzene rings is 1. The van der Waals surface area contributed by atoms with E-state index in [4.69, 9.17) is 14.2 Å². The number of fused-ring (bicyclic) bond motifs is 4. The minimum Gasteiger partial charge on any atom is -0.497 e. The van der Waals surface area contributed by atoms with E-state index in [1.807, 2.05) is 17.0 Å². The van der Waals surface area contributed by atoms with Crippen LogP contribution in [0.2, 0.25) is 0 Å². The molecule has 1 aromatic heterocycles. The Kier molecular flexibility index (Phi) is 5.59. The van der Waals surface area contributed by atoms with Crippen molar-refractivity contribution in [1.29, 1.82) is 0 Å². The number of aryl methyl sites for hydroxylation is 1. The molecule has 0 saturated carbocycles. The summed E-state index contributed by atoms with van der Waals surface area (Å²) in [7, 11) is 1.69. The minimum absolute atomic E-state index is 0.00801. The van der Waals surface area contributed by atoms with Crippen molar-refractivity contribution < 1.29 is 19.0 Å². The van der Waals surface area contributed by atoms with Gasteiger partial charge in [-0.1, -0.05) is 6.42 Å². The van der Waals surface area contributed by atoms with Crippen LogP contribution in [0.25, 0.3) is 0 Å². The first-order chi connectivity index (χ1) is 16.9. The number of carbonyl (C=O) groups excluding carboxylic acids is 1. The zero-order valence-corrected chi connectivity index (χ0v) is 21.2. The highest BCUT2D eigenvalue weighted by atomic mass is 16.5. The Bertz CT molecular complexity index is 1120. The fourth-order valence-corrected chi connectivity index (χ4v) is 6.78. The van der Waals surface area contributed by atoms with Crippen LogP contribution in [0.1, 0.15) is 85.8 Å². The van der Waals surface area contributed by atoms with Crippen molar-refractivity contribution in [3.8, 4) is 11.5 Å². The summed E-state index contributed by atoms with van der Waals surface area (Å²) in [5.41, 5.74) is 3.84. The van der Waals surface area contributed by atoms with E-state index in [0.29, 0.717) is 5.69 Å². The van der Waals surface area contributed by atoms with Gasteiger partial charge in [0.15, 0.2) is 5.69 Å². The van der Waals surface area contributed by atoms with Crippen LogP contribution in [0, 0.1) is 11.3 Å². The summed E-state index contributed by atoms with van der Waals surface area (Å²) in [4.78, 5) is 15.4. The fraction of sp³-hybridized carbons (Fsp3) is 0.643. The number of nitrogens with one attached hydrogen (secondary N) is 1. The maximum absolute atomic E-state index is 13.4. The van der Waals surface area contributed by atoms with E-state index in [0.717, 1.165) is 80.8 Å². The number of carbonyl (C=O) groups is 1. The van der Waals surface area contributed by atoms with Crippen LogP contribution < -0.4 is 9.47 Å². The summed E-state index contributed by atoms with van der Waals surface area (Å²) in [6.07, 6.45) is 8.47. The monoisotopic (exact) mass is 479 g/mol. The largest absolute Gasteiger partial charge is 0.497 e. The van der Waals surface area contributed by atoms with Gasteiger partial charge in [-0.05, 0) is 82.4 Å². The normalized spacial score (nSPS) is 26.7. The number of ether oxygens (including phenoxy) is 3. The van der Waals surface area contributed by atoms with Crippen LogP contribution in [0.5, 0.6) is 11.5 Å². The van der Waals surface area contributed by atoms with Crippen LogP contribution in [-0.2, 0) is 17.6 Å². The molecular formula is C28H37N3O4. The third-order valence-electron chi connectivity index (χ3n) is 9.00. The van der Waals surface area contributed by atoms with E-state index in [-0.39, 0.29) is 28.9 Å². The molecule has 1 amide bonds. The molecule has 7 nitrogen and oxygen atoms in total. The third kappa shape index (κ3) is 3.92. The van der Waals surface area contributed by atoms with Crippen molar-refractivity contribution in [3.63, 3.8) is 0 Å². The van der Waals surface area contributed by atoms with Gasteiger partial charge in [0.1, 0.15) is 17.1 Å². The lowest BCUT2D eigenvalue weighted by Gasteiger charge is -2.54. The van der Waals surface area contributed by atoms with Crippen molar-refractivity contribution in [2.75, 3.05) is 26.8 Å². The van der Waals surface area contributed by atoms with Gasteiger partial charge in [-0.2, -0.15) is 5.10 Å². The Morgan fingerprint density at radius 2 is 1.97 bits per heavy atom. The van der Waals surface area contributed by atoms with Crippen molar-refractivity contribution in [2.24, 2.45) is 11.3 Å². The number of methoxy groups -OCH3 is 1. The second-order valence-corrected chi connectivity index (χ2v) is 11.5. The van der Waals surface area contributed by atoms with E-state index in [1.54, 1.807) is 7.11 Å². The molecule has 1 aromatic carbocycles. The molecule has 2 aromatic rings. The average molecular weight is 480 g/mol. The van der Waals surface area contributed by atoms with Crippen LogP contribution in [0.15, 0.2) is 18.2 Å². The number of H-pyrrole nitrogens is 1. The molecule has 4 aliphatic rings.